The van der Waals surface area contributed by atoms with Crippen LogP contribution >= 0.6 is 24.2 Å². The van der Waals surface area contributed by atoms with E-state index in [0.29, 0.717) is 5.56 Å². The number of hydrogen-bond acceptors (Lipinski definition) is 3. The molecule has 0 radical (unpaired) electrons. The molecule has 0 spiro atoms. The van der Waals surface area contributed by atoms with E-state index in [1.807, 2.05) is 6.07 Å². The number of thiol groups is 1. The zero-order valence-corrected chi connectivity index (χ0v) is 9.85. The molecular weight excluding hydrogens is 230 g/mol. The van der Waals surface area contributed by atoms with E-state index in [1.165, 1.54) is 6.92 Å². The van der Waals surface area contributed by atoms with E-state index >= 15 is 0 Å². The largest absolute Gasteiger partial charge is 0.298 e. The molecule has 0 saturated carbocycles. The molecule has 1 atom stereocenters. The highest BCUT2D eigenvalue weighted by Gasteiger charge is 2.16. The highest BCUT2D eigenvalue weighted by molar-refractivity contribution is 7.80. The van der Waals surface area contributed by atoms with Crippen molar-refractivity contribution < 1.29 is 4.79 Å². The predicted molar refractivity (Wildman–Crippen MR) is 62.3 cm³/mol. The molecule has 0 aromatic heterocycles. The number of Topliss-reactive ketones (excluding diaryl/α,β-unsaturated/α-hetero) is 1. The fourth-order valence-electron chi connectivity index (χ4n) is 1.28. The number of hydrogen-bond donors (Lipinski definition) is 1. The average Bonchev–Trinajstić information content (AvgIpc) is 2.20. The van der Waals surface area contributed by atoms with Crippen molar-refractivity contribution in [2.75, 3.05) is 0 Å². The summed E-state index contributed by atoms with van der Waals surface area (Å²) in [5.41, 5.74) is 1.46. The van der Waals surface area contributed by atoms with Crippen LogP contribution in [0.25, 0.3) is 0 Å². The molecule has 2 nitrogen and oxygen atoms in total. The smallest absolute Gasteiger partial charge is 0.152 e. The first-order valence-electron chi connectivity index (χ1n) is 4.39. The minimum Gasteiger partial charge on any atom is -0.298 e. The van der Waals surface area contributed by atoms with Gasteiger partial charge in [0.25, 0.3) is 0 Å². The second-order valence-corrected chi connectivity index (χ2v) is 4.14. The number of benzene rings is 1. The molecule has 0 aliphatic heterocycles. The van der Waals surface area contributed by atoms with Crippen molar-refractivity contribution in [3.05, 3.63) is 29.3 Å². The summed E-state index contributed by atoms with van der Waals surface area (Å²) < 4.78 is 0. The van der Waals surface area contributed by atoms with E-state index in [9.17, 15) is 4.79 Å². The predicted octanol–water partition coefficient (Wildman–Crippen LogP) is 2.91. The standard InChI is InChI=1S/C11H10ClNOS/c1-7(14)11(12)10-6-9(15)3-2-8(10)4-5-13/h2-3,6,11,15H,4H2,1H3. The lowest BCUT2D eigenvalue weighted by Crippen LogP contribution is -2.05. The molecule has 0 amide bonds. The Labute approximate surface area is 99.3 Å². The highest BCUT2D eigenvalue weighted by atomic mass is 35.5. The fourth-order valence-corrected chi connectivity index (χ4v) is 1.70. The first-order valence-corrected chi connectivity index (χ1v) is 5.28. The van der Waals surface area contributed by atoms with Crippen molar-refractivity contribution in [1.82, 2.24) is 0 Å². The number of carbonyl (C=O) groups is 1. The number of carbonyl (C=O) groups excluding carboxylic acids is 1. The zero-order chi connectivity index (χ0) is 11.4. The van der Waals surface area contributed by atoms with Gasteiger partial charge in [-0.2, -0.15) is 5.26 Å². The lowest BCUT2D eigenvalue weighted by Gasteiger charge is -2.11. The quantitative estimate of drug-likeness (QED) is 0.651. The van der Waals surface area contributed by atoms with Gasteiger partial charge in [-0.1, -0.05) is 6.07 Å². The van der Waals surface area contributed by atoms with E-state index in [4.69, 9.17) is 16.9 Å². The lowest BCUT2D eigenvalue weighted by molar-refractivity contribution is -0.116. The fraction of sp³-hybridized carbons (Fsp3) is 0.273. The van der Waals surface area contributed by atoms with E-state index < -0.39 is 5.38 Å². The maximum Gasteiger partial charge on any atom is 0.152 e. The summed E-state index contributed by atoms with van der Waals surface area (Å²) in [7, 11) is 0. The third-order valence-electron chi connectivity index (χ3n) is 2.03. The van der Waals surface area contributed by atoms with E-state index in [2.05, 4.69) is 12.6 Å². The summed E-state index contributed by atoms with van der Waals surface area (Å²) in [6.07, 6.45) is 0.250. The number of nitrogens with zero attached hydrogens (tertiary/aromatic N) is 1. The molecule has 15 heavy (non-hydrogen) atoms. The van der Waals surface area contributed by atoms with Crippen LogP contribution in [0.2, 0.25) is 0 Å². The maximum atomic E-state index is 11.2. The Bertz CT molecular complexity index is 425. The van der Waals surface area contributed by atoms with E-state index in [1.54, 1.807) is 18.2 Å². The third-order valence-corrected chi connectivity index (χ3v) is 2.85. The van der Waals surface area contributed by atoms with Crippen LogP contribution in [0.15, 0.2) is 23.1 Å². The minimum absolute atomic E-state index is 0.130. The van der Waals surface area contributed by atoms with Crippen LogP contribution in [0.5, 0.6) is 0 Å². The van der Waals surface area contributed by atoms with Crippen molar-refractivity contribution in [3.63, 3.8) is 0 Å². The highest BCUT2D eigenvalue weighted by Crippen LogP contribution is 2.27. The van der Waals surface area contributed by atoms with Gasteiger partial charge in [-0.3, -0.25) is 4.79 Å². The lowest BCUT2D eigenvalue weighted by atomic mass is 10.0. The Kier molecular flexibility index (Phi) is 4.19. The molecule has 0 aliphatic rings. The Morgan fingerprint density at radius 2 is 2.33 bits per heavy atom. The SMILES string of the molecule is CC(=O)C(Cl)c1cc(S)ccc1CC#N. The molecule has 1 rings (SSSR count). The zero-order valence-electron chi connectivity index (χ0n) is 8.20. The van der Waals surface area contributed by atoms with Gasteiger partial charge in [0.2, 0.25) is 0 Å². The normalized spacial score (nSPS) is 11.9. The van der Waals surface area contributed by atoms with Gasteiger partial charge in [-0.05, 0) is 30.2 Å². The number of halogens is 1. The summed E-state index contributed by atoms with van der Waals surface area (Å²) in [5, 5.41) is 7.94. The molecule has 0 heterocycles. The van der Waals surface area contributed by atoms with Crippen LogP contribution in [-0.2, 0) is 11.2 Å². The molecule has 0 saturated heterocycles. The van der Waals surface area contributed by atoms with Crippen LogP contribution < -0.4 is 0 Å². The summed E-state index contributed by atoms with van der Waals surface area (Å²) in [4.78, 5) is 11.9. The number of nitriles is 1. The maximum absolute atomic E-state index is 11.2. The Morgan fingerprint density at radius 3 is 2.87 bits per heavy atom. The molecule has 4 heteroatoms. The van der Waals surface area contributed by atoms with Crippen molar-refractivity contribution >= 4 is 30.0 Å². The second kappa shape index (κ2) is 5.20. The van der Waals surface area contributed by atoms with Crippen LogP contribution in [0.1, 0.15) is 23.4 Å². The van der Waals surface area contributed by atoms with Crippen molar-refractivity contribution in [2.24, 2.45) is 0 Å². The first kappa shape index (κ1) is 12.1. The van der Waals surface area contributed by atoms with Gasteiger partial charge in [0.05, 0.1) is 12.5 Å². The number of ketones is 1. The molecule has 0 aliphatic carbocycles. The summed E-state index contributed by atoms with van der Waals surface area (Å²) in [5.74, 6) is -0.130. The van der Waals surface area contributed by atoms with Gasteiger partial charge >= 0.3 is 0 Å². The topological polar surface area (TPSA) is 40.9 Å². The molecule has 1 unspecified atom stereocenters. The second-order valence-electron chi connectivity index (χ2n) is 3.19. The number of alkyl halides is 1. The molecule has 1 aromatic carbocycles. The average molecular weight is 240 g/mol. The van der Waals surface area contributed by atoms with Gasteiger partial charge < -0.3 is 0 Å². The van der Waals surface area contributed by atoms with E-state index in [0.717, 1.165) is 10.5 Å². The van der Waals surface area contributed by atoms with Gasteiger partial charge in [0.1, 0.15) is 5.38 Å². The number of rotatable bonds is 3. The summed E-state index contributed by atoms with van der Waals surface area (Å²) in [6, 6.07) is 7.33. The summed E-state index contributed by atoms with van der Waals surface area (Å²) in [6.45, 7) is 1.43. The molecule has 0 fully saturated rings. The van der Waals surface area contributed by atoms with E-state index in [-0.39, 0.29) is 12.2 Å². The van der Waals surface area contributed by atoms with Crippen molar-refractivity contribution in [1.29, 1.82) is 5.26 Å². The Balaban J connectivity index is 3.18. The van der Waals surface area contributed by atoms with Crippen LogP contribution in [0, 0.1) is 11.3 Å². The van der Waals surface area contributed by atoms with Crippen LogP contribution in [0.4, 0.5) is 0 Å². The molecule has 78 valence electrons. The minimum atomic E-state index is -0.694. The van der Waals surface area contributed by atoms with Crippen molar-refractivity contribution in [2.45, 2.75) is 23.6 Å². The monoisotopic (exact) mass is 239 g/mol. The van der Waals surface area contributed by atoms with Crippen LogP contribution in [0.3, 0.4) is 0 Å². The molecule has 0 N–H and O–H groups in total. The Morgan fingerprint density at radius 1 is 1.67 bits per heavy atom. The molecular formula is C11H10ClNOS. The third kappa shape index (κ3) is 2.98. The van der Waals surface area contributed by atoms with Crippen molar-refractivity contribution in [3.8, 4) is 6.07 Å². The van der Waals surface area contributed by atoms with Gasteiger partial charge in [-0.15, -0.1) is 24.2 Å². The Hall–Kier alpha value is -0.980. The first-order chi connectivity index (χ1) is 7.06. The van der Waals surface area contributed by atoms with Gasteiger partial charge in [0.15, 0.2) is 5.78 Å². The molecule has 0 bridgehead atoms. The van der Waals surface area contributed by atoms with Gasteiger partial charge in [-0.25, -0.2) is 0 Å². The molecule has 1 aromatic rings. The van der Waals surface area contributed by atoms with Crippen LogP contribution in [-0.4, -0.2) is 5.78 Å². The van der Waals surface area contributed by atoms with Gasteiger partial charge in [0, 0.05) is 4.90 Å². The summed E-state index contributed by atoms with van der Waals surface area (Å²) >= 11 is 10.1.